The molecule has 0 atom stereocenters. The minimum Gasteiger partial charge on any atom is -0.334 e. The number of nitrogens with two attached hydrogens (primary N) is 1. The van der Waals surface area contributed by atoms with Crippen LogP contribution >= 0.6 is 0 Å². The number of halogens is 1. The van der Waals surface area contributed by atoms with Gasteiger partial charge in [-0.1, -0.05) is 0 Å². The summed E-state index contributed by atoms with van der Waals surface area (Å²) in [5.74, 6) is 0.609. The SMILES string of the molecule is NCCc1cncn1CC1CCC(F)CC1. The van der Waals surface area contributed by atoms with E-state index in [1.165, 1.54) is 5.69 Å². The average molecular weight is 225 g/mol. The standard InChI is InChI=1S/C12H20FN3/c13-11-3-1-10(2-4-11)8-16-9-15-7-12(16)5-6-14/h7,9-11H,1-6,8,14H2. The maximum atomic E-state index is 13.0. The highest BCUT2D eigenvalue weighted by Gasteiger charge is 2.21. The smallest absolute Gasteiger partial charge is 0.100 e. The number of nitrogens with zero attached hydrogens (tertiary/aromatic N) is 2. The van der Waals surface area contributed by atoms with Crippen LogP contribution in [0.15, 0.2) is 12.5 Å². The Kier molecular flexibility index (Phi) is 3.93. The molecule has 0 spiro atoms. The first-order valence-corrected chi connectivity index (χ1v) is 6.12. The topological polar surface area (TPSA) is 43.8 Å². The molecule has 0 amide bonds. The third-order valence-electron chi connectivity index (χ3n) is 3.43. The van der Waals surface area contributed by atoms with Crippen LogP contribution in [0.25, 0.3) is 0 Å². The molecular formula is C12H20FN3. The summed E-state index contributed by atoms with van der Waals surface area (Å²) in [4.78, 5) is 4.15. The van der Waals surface area contributed by atoms with Crippen LogP contribution in [0, 0.1) is 5.92 Å². The fraction of sp³-hybridized carbons (Fsp3) is 0.750. The fourth-order valence-electron chi connectivity index (χ4n) is 2.45. The van der Waals surface area contributed by atoms with E-state index in [9.17, 15) is 4.39 Å². The Labute approximate surface area is 95.9 Å². The van der Waals surface area contributed by atoms with Crippen LogP contribution in [-0.4, -0.2) is 22.3 Å². The lowest BCUT2D eigenvalue weighted by molar-refractivity contribution is 0.195. The Morgan fingerprint density at radius 1 is 1.38 bits per heavy atom. The van der Waals surface area contributed by atoms with Crippen molar-refractivity contribution in [3.8, 4) is 0 Å². The predicted octanol–water partition coefficient (Wildman–Crippen LogP) is 1.91. The van der Waals surface area contributed by atoms with Gasteiger partial charge in [0.1, 0.15) is 6.17 Å². The minimum absolute atomic E-state index is 0.567. The molecule has 4 heteroatoms. The molecule has 1 fully saturated rings. The van der Waals surface area contributed by atoms with Crippen molar-refractivity contribution in [3.63, 3.8) is 0 Å². The van der Waals surface area contributed by atoms with Gasteiger partial charge < -0.3 is 10.3 Å². The fourth-order valence-corrected chi connectivity index (χ4v) is 2.45. The first-order chi connectivity index (χ1) is 7.79. The van der Waals surface area contributed by atoms with Gasteiger partial charge in [0.25, 0.3) is 0 Å². The average Bonchev–Trinajstić information content (AvgIpc) is 2.70. The van der Waals surface area contributed by atoms with Crippen LogP contribution in [0.5, 0.6) is 0 Å². The molecule has 1 aliphatic rings. The van der Waals surface area contributed by atoms with Crippen molar-refractivity contribution in [1.82, 2.24) is 9.55 Å². The van der Waals surface area contributed by atoms with Crippen molar-refractivity contribution < 1.29 is 4.39 Å². The van der Waals surface area contributed by atoms with Crippen LogP contribution in [-0.2, 0) is 13.0 Å². The lowest BCUT2D eigenvalue weighted by atomic mass is 9.88. The summed E-state index contributed by atoms with van der Waals surface area (Å²) in [7, 11) is 0. The monoisotopic (exact) mass is 225 g/mol. The highest BCUT2D eigenvalue weighted by Crippen LogP contribution is 2.27. The number of aromatic nitrogens is 2. The summed E-state index contributed by atoms with van der Waals surface area (Å²) >= 11 is 0. The van der Waals surface area contributed by atoms with Gasteiger partial charge in [0.2, 0.25) is 0 Å². The van der Waals surface area contributed by atoms with Gasteiger partial charge in [-0.05, 0) is 38.1 Å². The Morgan fingerprint density at radius 3 is 2.81 bits per heavy atom. The van der Waals surface area contributed by atoms with Gasteiger partial charge in [0.15, 0.2) is 0 Å². The summed E-state index contributed by atoms with van der Waals surface area (Å²) in [6.45, 7) is 1.63. The van der Waals surface area contributed by atoms with E-state index in [1.807, 2.05) is 12.5 Å². The van der Waals surface area contributed by atoms with Crippen molar-refractivity contribution in [2.24, 2.45) is 11.7 Å². The molecule has 16 heavy (non-hydrogen) atoms. The largest absolute Gasteiger partial charge is 0.334 e. The van der Waals surface area contributed by atoms with Crippen molar-refractivity contribution in [2.75, 3.05) is 6.54 Å². The second kappa shape index (κ2) is 5.43. The molecular weight excluding hydrogens is 205 g/mol. The Morgan fingerprint density at radius 2 is 2.12 bits per heavy atom. The number of hydrogen-bond acceptors (Lipinski definition) is 2. The highest BCUT2D eigenvalue weighted by atomic mass is 19.1. The van der Waals surface area contributed by atoms with Gasteiger partial charge in [0, 0.05) is 24.9 Å². The molecule has 2 rings (SSSR count). The molecule has 0 saturated heterocycles. The quantitative estimate of drug-likeness (QED) is 0.850. The van der Waals surface area contributed by atoms with E-state index < -0.39 is 6.17 Å². The zero-order valence-electron chi connectivity index (χ0n) is 9.61. The Balaban J connectivity index is 1.90. The molecule has 3 nitrogen and oxygen atoms in total. The second-order valence-electron chi connectivity index (χ2n) is 4.69. The molecule has 0 unspecified atom stereocenters. The highest BCUT2D eigenvalue weighted by molar-refractivity contribution is 4.99. The summed E-state index contributed by atoms with van der Waals surface area (Å²) in [6.07, 6.45) is 7.51. The molecule has 1 aliphatic carbocycles. The maximum Gasteiger partial charge on any atom is 0.100 e. The second-order valence-corrected chi connectivity index (χ2v) is 4.69. The molecule has 2 N–H and O–H groups in total. The van der Waals surface area contributed by atoms with Gasteiger partial charge in [-0.25, -0.2) is 9.37 Å². The van der Waals surface area contributed by atoms with E-state index in [4.69, 9.17) is 5.73 Å². The number of imidazole rings is 1. The van der Waals surface area contributed by atoms with E-state index in [1.54, 1.807) is 0 Å². The number of hydrogen-bond donors (Lipinski definition) is 1. The van der Waals surface area contributed by atoms with Crippen LogP contribution in [0.2, 0.25) is 0 Å². The minimum atomic E-state index is -0.567. The summed E-state index contributed by atoms with van der Waals surface area (Å²) in [6, 6.07) is 0. The molecule has 90 valence electrons. The third kappa shape index (κ3) is 2.82. The molecule has 1 heterocycles. The molecule has 0 aliphatic heterocycles. The van der Waals surface area contributed by atoms with Crippen molar-refractivity contribution in [2.45, 2.75) is 44.8 Å². The van der Waals surface area contributed by atoms with Crippen LogP contribution in [0.1, 0.15) is 31.4 Å². The van der Waals surface area contributed by atoms with Gasteiger partial charge in [-0.3, -0.25) is 0 Å². The lowest BCUT2D eigenvalue weighted by Gasteiger charge is -2.25. The number of rotatable bonds is 4. The first-order valence-electron chi connectivity index (χ1n) is 6.12. The van der Waals surface area contributed by atoms with Gasteiger partial charge in [-0.15, -0.1) is 0 Å². The summed E-state index contributed by atoms with van der Waals surface area (Å²) in [5, 5.41) is 0. The molecule has 1 aromatic rings. The van der Waals surface area contributed by atoms with Crippen molar-refractivity contribution >= 4 is 0 Å². The van der Waals surface area contributed by atoms with Crippen LogP contribution in [0.3, 0.4) is 0 Å². The van der Waals surface area contributed by atoms with E-state index >= 15 is 0 Å². The van der Waals surface area contributed by atoms with Gasteiger partial charge >= 0.3 is 0 Å². The van der Waals surface area contributed by atoms with E-state index in [0.717, 1.165) is 38.6 Å². The van der Waals surface area contributed by atoms with Gasteiger partial charge in [0.05, 0.1) is 6.33 Å². The van der Waals surface area contributed by atoms with E-state index in [2.05, 4.69) is 9.55 Å². The zero-order valence-corrected chi connectivity index (χ0v) is 9.61. The molecule has 0 bridgehead atoms. The molecule has 1 saturated carbocycles. The Hall–Kier alpha value is -0.900. The first kappa shape index (κ1) is 11.6. The van der Waals surface area contributed by atoms with Crippen molar-refractivity contribution in [1.29, 1.82) is 0 Å². The van der Waals surface area contributed by atoms with E-state index in [-0.39, 0.29) is 0 Å². The molecule has 1 aromatic heterocycles. The third-order valence-corrected chi connectivity index (χ3v) is 3.43. The van der Waals surface area contributed by atoms with E-state index in [0.29, 0.717) is 12.5 Å². The summed E-state index contributed by atoms with van der Waals surface area (Å²) in [5.41, 5.74) is 6.75. The zero-order chi connectivity index (χ0) is 11.4. The number of alkyl halides is 1. The van der Waals surface area contributed by atoms with Crippen molar-refractivity contribution in [3.05, 3.63) is 18.2 Å². The lowest BCUT2D eigenvalue weighted by Crippen LogP contribution is -2.20. The summed E-state index contributed by atoms with van der Waals surface area (Å²) < 4.78 is 15.2. The normalized spacial score (nSPS) is 25.9. The Bertz CT molecular complexity index is 316. The maximum absolute atomic E-state index is 13.0. The molecule has 0 aromatic carbocycles. The van der Waals surface area contributed by atoms with Crippen LogP contribution in [0.4, 0.5) is 4.39 Å². The van der Waals surface area contributed by atoms with Gasteiger partial charge in [-0.2, -0.15) is 0 Å². The molecule has 0 radical (unpaired) electrons. The van der Waals surface area contributed by atoms with Crippen LogP contribution < -0.4 is 5.73 Å². The predicted molar refractivity (Wildman–Crippen MR) is 61.8 cm³/mol.